The lowest BCUT2D eigenvalue weighted by Gasteiger charge is -2.24. The molecule has 3 atom stereocenters. The molecule has 3 rings (SSSR count). The Bertz CT molecular complexity index is 482. The Morgan fingerprint density at radius 2 is 2.00 bits per heavy atom. The quantitative estimate of drug-likeness (QED) is 0.915. The van der Waals surface area contributed by atoms with Gasteiger partial charge in [0.05, 0.1) is 0 Å². The van der Waals surface area contributed by atoms with E-state index < -0.39 is 0 Å². The van der Waals surface area contributed by atoms with Crippen molar-refractivity contribution in [2.75, 3.05) is 7.05 Å². The van der Waals surface area contributed by atoms with Crippen LogP contribution in [0.4, 0.5) is 0 Å². The number of hydrogen-bond acceptors (Lipinski definition) is 2. The molecule has 2 bridgehead atoms. The zero-order valence-electron chi connectivity index (χ0n) is 12.1. The first-order valence-corrected chi connectivity index (χ1v) is 7.63. The van der Waals surface area contributed by atoms with E-state index in [1.54, 1.807) is 12.1 Å². The predicted molar refractivity (Wildman–Crippen MR) is 78.1 cm³/mol. The molecule has 1 amide bonds. The minimum atomic E-state index is 0.260. The second kappa shape index (κ2) is 5.47. The van der Waals surface area contributed by atoms with Crippen LogP contribution in [0, 0.1) is 17.8 Å². The number of fused-ring (bicyclic) bond motifs is 2. The molecule has 2 fully saturated rings. The minimum absolute atomic E-state index is 0.260. The zero-order valence-corrected chi connectivity index (χ0v) is 12.1. The molecule has 0 aromatic heterocycles. The molecule has 20 heavy (non-hydrogen) atoms. The van der Waals surface area contributed by atoms with Crippen molar-refractivity contribution >= 4 is 5.91 Å². The topological polar surface area (TPSA) is 40.5 Å². The number of phenols is 1. The number of nitrogens with zero attached hydrogens (tertiary/aromatic N) is 1. The lowest BCUT2D eigenvalue weighted by molar-refractivity contribution is -0.131. The van der Waals surface area contributed by atoms with Crippen LogP contribution in [0.3, 0.4) is 0 Å². The van der Waals surface area contributed by atoms with Crippen LogP contribution in [0.2, 0.25) is 0 Å². The fourth-order valence-electron chi connectivity index (χ4n) is 3.97. The van der Waals surface area contributed by atoms with E-state index >= 15 is 0 Å². The zero-order chi connectivity index (χ0) is 14.1. The second-order valence-corrected chi connectivity index (χ2v) is 6.56. The SMILES string of the molecule is CN(Cc1ccc(O)cc1)C(=O)CC1CC2CCC1C2. The van der Waals surface area contributed by atoms with Crippen LogP contribution in [-0.4, -0.2) is 23.0 Å². The molecule has 108 valence electrons. The highest BCUT2D eigenvalue weighted by Gasteiger charge is 2.40. The molecule has 2 saturated carbocycles. The summed E-state index contributed by atoms with van der Waals surface area (Å²) in [5, 5.41) is 9.27. The molecule has 0 radical (unpaired) electrons. The van der Waals surface area contributed by atoms with Crippen molar-refractivity contribution in [3.63, 3.8) is 0 Å². The summed E-state index contributed by atoms with van der Waals surface area (Å²) in [5.74, 6) is 2.87. The monoisotopic (exact) mass is 273 g/mol. The van der Waals surface area contributed by atoms with Gasteiger partial charge < -0.3 is 10.0 Å². The van der Waals surface area contributed by atoms with E-state index in [1.807, 2.05) is 24.1 Å². The third-order valence-corrected chi connectivity index (χ3v) is 5.10. The van der Waals surface area contributed by atoms with Crippen LogP contribution in [0.15, 0.2) is 24.3 Å². The maximum atomic E-state index is 12.3. The van der Waals surface area contributed by atoms with Gasteiger partial charge in [-0.25, -0.2) is 0 Å². The Morgan fingerprint density at radius 1 is 1.25 bits per heavy atom. The third-order valence-electron chi connectivity index (χ3n) is 5.10. The lowest BCUT2D eigenvalue weighted by Crippen LogP contribution is -2.29. The van der Waals surface area contributed by atoms with E-state index in [2.05, 4.69) is 0 Å². The van der Waals surface area contributed by atoms with Crippen molar-refractivity contribution in [3.8, 4) is 5.75 Å². The molecule has 3 nitrogen and oxygen atoms in total. The second-order valence-electron chi connectivity index (χ2n) is 6.56. The molecule has 2 aliphatic rings. The number of rotatable bonds is 4. The van der Waals surface area contributed by atoms with Crippen LogP contribution >= 0.6 is 0 Å². The Balaban J connectivity index is 1.53. The summed E-state index contributed by atoms with van der Waals surface area (Å²) in [6.45, 7) is 0.625. The van der Waals surface area contributed by atoms with Crippen molar-refractivity contribution in [1.82, 2.24) is 4.90 Å². The van der Waals surface area contributed by atoms with Gasteiger partial charge in [0.2, 0.25) is 5.91 Å². The third kappa shape index (κ3) is 2.82. The minimum Gasteiger partial charge on any atom is -0.508 e. The summed E-state index contributed by atoms with van der Waals surface area (Å²) in [6.07, 6.45) is 6.07. The molecule has 3 unspecified atom stereocenters. The Kier molecular flexibility index (Phi) is 3.68. The van der Waals surface area contributed by atoms with Crippen molar-refractivity contribution in [1.29, 1.82) is 0 Å². The number of benzene rings is 1. The van der Waals surface area contributed by atoms with Crippen LogP contribution in [0.5, 0.6) is 5.75 Å². The largest absolute Gasteiger partial charge is 0.508 e. The van der Waals surface area contributed by atoms with Crippen LogP contribution in [-0.2, 0) is 11.3 Å². The number of carbonyl (C=O) groups excluding carboxylic acids is 1. The number of carbonyl (C=O) groups is 1. The van der Waals surface area contributed by atoms with Gasteiger partial charge in [0.1, 0.15) is 5.75 Å². The highest BCUT2D eigenvalue weighted by molar-refractivity contribution is 5.76. The van der Waals surface area contributed by atoms with Gasteiger partial charge in [0.25, 0.3) is 0 Å². The van der Waals surface area contributed by atoms with Crippen LogP contribution < -0.4 is 0 Å². The van der Waals surface area contributed by atoms with Crippen LogP contribution in [0.25, 0.3) is 0 Å². The molecule has 2 aliphatic carbocycles. The van der Waals surface area contributed by atoms with E-state index in [0.717, 1.165) is 23.8 Å². The summed E-state index contributed by atoms with van der Waals surface area (Å²) in [5.41, 5.74) is 1.06. The van der Waals surface area contributed by atoms with E-state index in [9.17, 15) is 9.90 Å². The standard InChI is InChI=1S/C17H23NO2/c1-18(11-12-3-6-16(19)7-4-12)17(20)10-15-9-13-2-5-14(15)8-13/h3-4,6-7,13-15,19H,2,5,8-11H2,1H3. The van der Waals surface area contributed by atoms with Crippen molar-refractivity contribution < 1.29 is 9.90 Å². The molecule has 0 spiro atoms. The summed E-state index contributed by atoms with van der Waals surface area (Å²) < 4.78 is 0. The Labute approximate surface area is 120 Å². The van der Waals surface area contributed by atoms with Gasteiger partial charge in [-0.1, -0.05) is 18.6 Å². The summed E-state index contributed by atoms with van der Waals surface area (Å²) in [6, 6.07) is 7.08. The van der Waals surface area contributed by atoms with Crippen LogP contribution in [0.1, 0.15) is 37.7 Å². The first kappa shape index (κ1) is 13.5. The molecule has 1 aromatic carbocycles. The summed E-state index contributed by atoms with van der Waals surface area (Å²) >= 11 is 0. The normalized spacial score (nSPS) is 27.8. The molecular weight excluding hydrogens is 250 g/mol. The number of aromatic hydroxyl groups is 1. The highest BCUT2D eigenvalue weighted by Crippen LogP contribution is 2.49. The van der Waals surface area contributed by atoms with E-state index in [4.69, 9.17) is 0 Å². The number of phenolic OH excluding ortho intramolecular Hbond substituents is 1. The first-order valence-electron chi connectivity index (χ1n) is 7.63. The highest BCUT2D eigenvalue weighted by atomic mass is 16.3. The Hall–Kier alpha value is -1.51. The molecule has 1 aromatic rings. The summed E-state index contributed by atoms with van der Waals surface area (Å²) in [4.78, 5) is 14.1. The van der Waals surface area contributed by atoms with E-state index in [0.29, 0.717) is 12.5 Å². The van der Waals surface area contributed by atoms with Gasteiger partial charge in [-0.15, -0.1) is 0 Å². The maximum absolute atomic E-state index is 12.3. The lowest BCUT2D eigenvalue weighted by atomic mass is 9.86. The van der Waals surface area contributed by atoms with Crippen molar-refractivity contribution in [3.05, 3.63) is 29.8 Å². The molecule has 0 heterocycles. The van der Waals surface area contributed by atoms with Gasteiger partial charge >= 0.3 is 0 Å². The average molecular weight is 273 g/mol. The predicted octanol–water partition coefficient (Wildman–Crippen LogP) is 3.18. The average Bonchev–Trinajstić information content (AvgIpc) is 3.03. The molecular formula is C17H23NO2. The molecule has 0 aliphatic heterocycles. The van der Waals surface area contributed by atoms with E-state index in [1.165, 1.54) is 25.7 Å². The molecule has 3 heteroatoms. The van der Waals surface area contributed by atoms with Gasteiger partial charge in [0.15, 0.2) is 0 Å². The fraction of sp³-hybridized carbons (Fsp3) is 0.588. The first-order chi connectivity index (χ1) is 9.61. The van der Waals surface area contributed by atoms with Gasteiger partial charge in [-0.05, 0) is 54.7 Å². The van der Waals surface area contributed by atoms with Gasteiger partial charge in [-0.2, -0.15) is 0 Å². The molecule has 1 N–H and O–H groups in total. The van der Waals surface area contributed by atoms with Gasteiger partial charge in [-0.3, -0.25) is 4.79 Å². The maximum Gasteiger partial charge on any atom is 0.222 e. The summed E-state index contributed by atoms with van der Waals surface area (Å²) in [7, 11) is 1.88. The van der Waals surface area contributed by atoms with Gasteiger partial charge in [0, 0.05) is 20.0 Å². The number of hydrogen-bond donors (Lipinski definition) is 1. The van der Waals surface area contributed by atoms with Crippen molar-refractivity contribution in [2.24, 2.45) is 17.8 Å². The fourth-order valence-corrected chi connectivity index (χ4v) is 3.97. The van der Waals surface area contributed by atoms with E-state index in [-0.39, 0.29) is 11.7 Å². The Morgan fingerprint density at radius 3 is 2.60 bits per heavy atom. The smallest absolute Gasteiger partial charge is 0.222 e. The van der Waals surface area contributed by atoms with Crippen molar-refractivity contribution in [2.45, 2.75) is 38.6 Å². The molecule has 0 saturated heterocycles. The number of amides is 1.